The topological polar surface area (TPSA) is 112 Å². The van der Waals surface area contributed by atoms with Crippen LogP contribution >= 0.6 is 0 Å². The molecule has 0 spiro atoms. The molecule has 0 unspecified atom stereocenters. The van der Waals surface area contributed by atoms with E-state index in [1.54, 1.807) is 23.6 Å². The number of benzene rings is 1. The number of carbonyl (C=O) groups is 1. The van der Waals surface area contributed by atoms with Gasteiger partial charge < -0.3 is 9.84 Å². The molecular formula is C21H23N5O4. The Labute approximate surface area is 172 Å². The standard InChI is InChI=1S/C21H23N5O4/c1-3-14-7-9-15(10-8-14)23-17(27)12-26-20(28)18(19-22-13(2)30-24-19)16-6-4-5-11-25(16)21(26)29/h7-10H,3-6,11-12H2,1-2H3,(H,23,27). The van der Waals surface area contributed by atoms with Crippen LogP contribution in [0.5, 0.6) is 0 Å². The maximum atomic E-state index is 13.2. The Morgan fingerprint density at radius 3 is 2.63 bits per heavy atom. The Morgan fingerprint density at radius 2 is 1.97 bits per heavy atom. The lowest BCUT2D eigenvalue weighted by Gasteiger charge is -2.21. The van der Waals surface area contributed by atoms with E-state index in [1.165, 1.54) is 0 Å². The van der Waals surface area contributed by atoms with E-state index < -0.39 is 23.7 Å². The van der Waals surface area contributed by atoms with Crippen molar-refractivity contribution in [2.24, 2.45) is 0 Å². The van der Waals surface area contributed by atoms with Gasteiger partial charge in [-0.05, 0) is 43.4 Å². The first-order valence-electron chi connectivity index (χ1n) is 10.0. The molecule has 1 aliphatic rings. The van der Waals surface area contributed by atoms with Crippen LogP contribution in [0.25, 0.3) is 11.4 Å². The lowest BCUT2D eigenvalue weighted by molar-refractivity contribution is -0.116. The normalized spacial score (nSPS) is 13.1. The Kier molecular flexibility index (Phi) is 5.35. The van der Waals surface area contributed by atoms with Gasteiger partial charge in [-0.1, -0.05) is 24.2 Å². The van der Waals surface area contributed by atoms with Crippen molar-refractivity contribution in [3.8, 4) is 11.4 Å². The fourth-order valence-electron chi connectivity index (χ4n) is 3.73. The highest BCUT2D eigenvalue weighted by molar-refractivity contribution is 5.90. The summed E-state index contributed by atoms with van der Waals surface area (Å²) in [6.07, 6.45) is 3.16. The van der Waals surface area contributed by atoms with E-state index in [4.69, 9.17) is 4.52 Å². The zero-order chi connectivity index (χ0) is 21.3. The molecule has 3 aromatic rings. The van der Waals surface area contributed by atoms with Crippen LogP contribution in [0, 0.1) is 6.92 Å². The Balaban J connectivity index is 1.71. The van der Waals surface area contributed by atoms with Gasteiger partial charge in [-0.25, -0.2) is 4.79 Å². The van der Waals surface area contributed by atoms with Crippen LogP contribution < -0.4 is 16.6 Å². The summed E-state index contributed by atoms with van der Waals surface area (Å²) < 4.78 is 7.54. The minimum Gasteiger partial charge on any atom is -0.339 e. The van der Waals surface area contributed by atoms with E-state index in [1.807, 2.05) is 19.1 Å². The van der Waals surface area contributed by atoms with Gasteiger partial charge in [0.25, 0.3) is 5.56 Å². The van der Waals surface area contributed by atoms with E-state index >= 15 is 0 Å². The van der Waals surface area contributed by atoms with Crippen molar-refractivity contribution in [3.05, 3.63) is 62.3 Å². The molecule has 0 radical (unpaired) electrons. The Bertz CT molecular complexity index is 1200. The van der Waals surface area contributed by atoms with Crippen molar-refractivity contribution in [1.82, 2.24) is 19.3 Å². The number of nitrogens with zero attached hydrogens (tertiary/aromatic N) is 4. The van der Waals surface area contributed by atoms with Crippen LogP contribution in [-0.2, 0) is 30.7 Å². The molecule has 156 valence electrons. The van der Waals surface area contributed by atoms with Gasteiger partial charge in [0.1, 0.15) is 12.1 Å². The number of amides is 1. The largest absolute Gasteiger partial charge is 0.339 e. The number of fused-ring (bicyclic) bond motifs is 1. The third-order valence-corrected chi connectivity index (χ3v) is 5.28. The van der Waals surface area contributed by atoms with Crippen LogP contribution in [0.15, 0.2) is 38.4 Å². The molecule has 4 rings (SSSR count). The van der Waals surface area contributed by atoms with Gasteiger partial charge >= 0.3 is 5.69 Å². The highest BCUT2D eigenvalue weighted by Crippen LogP contribution is 2.21. The molecule has 0 bridgehead atoms. The first-order chi connectivity index (χ1) is 14.5. The summed E-state index contributed by atoms with van der Waals surface area (Å²) in [4.78, 5) is 42.9. The van der Waals surface area contributed by atoms with Gasteiger partial charge in [-0.15, -0.1) is 0 Å². The summed E-state index contributed by atoms with van der Waals surface area (Å²) in [7, 11) is 0. The monoisotopic (exact) mass is 409 g/mol. The van der Waals surface area contributed by atoms with Gasteiger partial charge in [0.15, 0.2) is 0 Å². The number of hydrogen-bond donors (Lipinski definition) is 1. The summed E-state index contributed by atoms with van der Waals surface area (Å²) in [5.74, 6) is 0.0162. The molecule has 1 amide bonds. The molecule has 9 heteroatoms. The molecular weight excluding hydrogens is 386 g/mol. The minimum atomic E-state index is -0.578. The summed E-state index contributed by atoms with van der Waals surface area (Å²) in [6.45, 7) is 3.77. The second kappa shape index (κ2) is 8.10. The second-order valence-electron chi connectivity index (χ2n) is 7.34. The van der Waals surface area contributed by atoms with Crippen molar-refractivity contribution in [1.29, 1.82) is 0 Å². The van der Waals surface area contributed by atoms with E-state index in [2.05, 4.69) is 15.5 Å². The van der Waals surface area contributed by atoms with Crippen molar-refractivity contribution in [2.75, 3.05) is 5.32 Å². The van der Waals surface area contributed by atoms with Gasteiger partial charge in [0.05, 0.1) is 0 Å². The number of nitrogens with one attached hydrogen (secondary N) is 1. The van der Waals surface area contributed by atoms with Crippen LogP contribution in [-0.4, -0.2) is 25.2 Å². The average molecular weight is 409 g/mol. The van der Waals surface area contributed by atoms with Crippen molar-refractivity contribution < 1.29 is 9.32 Å². The molecule has 3 heterocycles. The first-order valence-corrected chi connectivity index (χ1v) is 10.0. The van der Waals surface area contributed by atoms with E-state index in [0.717, 1.165) is 29.4 Å². The maximum absolute atomic E-state index is 13.2. The van der Waals surface area contributed by atoms with Gasteiger partial charge in [0, 0.05) is 24.8 Å². The predicted octanol–water partition coefficient (Wildman–Crippen LogP) is 1.91. The molecule has 30 heavy (non-hydrogen) atoms. The summed E-state index contributed by atoms with van der Waals surface area (Å²) in [6, 6.07) is 7.44. The number of aromatic nitrogens is 4. The summed E-state index contributed by atoms with van der Waals surface area (Å²) >= 11 is 0. The SMILES string of the molecule is CCc1ccc(NC(=O)Cn2c(=O)c(-c3noc(C)n3)c3n(c2=O)CCCC3)cc1. The zero-order valence-electron chi connectivity index (χ0n) is 17.0. The van der Waals surface area contributed by atoms with E-state index in [0.29, 0.717) is 30.2 Å². The third-order valence-electron chi connectivity index (χ3n) is 5.28. The van der Waals surface area contributed by atoms with Gasteiger partial charge in [0.2, 0.25) is 17.6 Å². The number of rotatable bonds is 5. The molecule has 0 saturated heterocycles. The van der Waals surface area contributed by atoms with Crippen LogP contribution in [0.1, 0.15) is 36.9 Å². The van der Waals surface area contributed by atoms with Gasteiger partial charge in [-0.3, -0.25) is 18.7 Å². The zero-order valence-corrected chi connectivity index (χ0v) is 17.0. The Hall–Kier alpha value is -3.49. The maximum Gasteiger partial charge on any atom is 0.331 e. The molecule has 1 aliphatic heterocycles. The first kappa shape index (κ1) is 19.8. The van der Waals surface area contributed by atoms with E-state index in [-0.39, 0.29) is 11.4 Å². The smallest absolute Gasteiger partial charge is 0.331 e. The van der Waals surface area contributed by atoms with Crippen LogP contribution in [0.3, 0.4) is 0 Å². The molecule has 0 fully saturated rings. The summed E-state index contributed by atoms with van der Waals surface area (Å²) in [5.41, 5.74) is 1.52. The number of aryl methyl sites for hydroxylation is 2. The highest BCUT2D eigenvalue weighted by Gasteiger charge is 2.26. The predicted molar refractivity (Wildman–Crippen MR) is 110 cm³/mol. The lowest BCUT2D eigenvalue weighted by atomic mass is 10.0. The quantitative estimate of drug-likeness (QED) is 0.689. The van der Waals surface area contributed by atoms with Crippen LogP contribution in [0.4, 0.5) is 5.69 Å². The van der Waals surface area contributed by atoms with Gasteiger partial charge in [-0.2, -0.15) is 4.98 Å². The number of anilines is 1. The fraction of sp³-hybridized carbons (Fsp3) is 0.381. The minimum absolute atomic E-state index is 0.146. The lowest BCUT2D eigenvalue weighted by Crippen LogP contribution is -2.45. The van der Waals surface area contributed by atoms with E-state index in [9.17, 15) is 14.4 Å². The molecule has 1 aromatic carbocycles. The number of carbonyl (C=O) groups excluding carboxylic acids is 1. The van der Waals surface area contributed by atoms with Crippen molar-refractivity contribution >= 4 is 11.6 Å². The Morgan fingerprint density at radius 1 is 1.20 bits per heavy atom. The fourth-order valence-corrected chi connectivity index (χ4v) is 3.73. The van der Waals surface area contributed by atoms with Crippen molar-refractivity contribution in [2.45, 2.75) is 52.6 Å². The average Bonchev–Trinajstić information content (AvgIpc) is 3.17. The molecule has 9 nitrogen and oxygen atoms in total. The molecule has 1 N–H and O–H groups in total. The molecule has 2 aromatic heterocycles. The molecule has 0 atom stereocenters. The molecule has 0 aliphatic carbocycles. The highest BCUT2D eigenvalue weighted by atomic mass is 16.5. The number of hydrogen-bond acceptors (Lipinski definition) is 6. The van der Waals surface area contributed by atoms with Crippen molar-refractivity contribution in [3.63, 3.8) is 0 Å². The second-order valence-corrected chi connectivity index (χ2v) is 7.34. The van der Waals surface area contributed by atoms with Crippen LogP contribution in [0.2, 0.25) is 0 Å². The third kappa shape index (κ3) is 3.70. The molecule has 0 saturated carbocycles. The summed E-state index contributed by atoms with van der Waals surface area (Å²) in [5, 5.41) is 6.62.